The Morgan fingerprint density at radius 1 is 1.11 bits per heavy atom. The third-order valence-electron chi connectivity index (χ3n) is 4.50. The van der Waals surface area contributed by atoms with E-state index in [1.54, 1.807) is 36.1 Å². The van der Waals surface area contributed by atoms with Crippen LogP contribution in [0.4, 0.5) is 0 Å². The van der Waals surface area contributed by atoms with E-state index in [0.29, 0.717) is 11.1 Å². The summed E-state index contributed by atoms with van der Waals surface area (Å²) in [5.41, 5.74) is 1.54. The molecular weight excluding hydrogens is 366 g/mol. The highest BCUT2D eigenvalue weighted by Crippen LogP contribution is 2.27. The van der Waals surface area contributed by atoms with E-state index in [2.05, 4.69) is 0 Å². The predicted molar refractivity (Wildman–Crippen MR) is 98.7 cm³/mol. The van der Waals surface area contributed by atoms with E-state index in [9.17, 15) is 18.3 Å². The monoisotopic (exact) mass is 385 g/mol. The molecule has 1 fully saturated rings. The highest BCUT2D eigenvalue weighted by atomic mass is 32.2. The third-order valence-corrected chi connectivity index (χ3v) is 6.43. The fourth-order valence-electron chi connectivity index (χ4n) is 3.00. The van der Waals surface area contributed by atoms with E-state index in [-0.39, 0.29) is 42.7 Å². The molecule has 140 valence electrons. The van der Waals surface area contributed by atoms with E-state index in [1.165, 1.54) is 22.5 Å². The Balaban J connectivity index is 1.74. The number of nitrogens with zero attached hydrogens (tertiary/aromatic N) is 3. The molecule has 0 bridgehead atoms. The van der Waals surface area contributed by atoms with Crippen molar-refractivity contribution in [1.29, 1.82) is 5.26 Å². The number of phenols is 1. The van der Waals surface area contributed by atoms with Crippen molar-refractivity contribution in [3.8, 4) is 11.8 Å². The fourth-order valence-corrected chi connectivity index (χ4v) is 4.59. The zero-order valence-corrected chi connectivity index (χ0v) is 15.6. The average Bonchev–Trinajstić information content (AvgIpc) is 2.69. The molecule has 2 aromatic carbocycles. The Hall–Kier alpha value is -2.89. The summed E-state index contributed by atoms with van der Waals surface area (Å²) in [4.78, 5) is 14.0. The molecule has 0 radical (unpaired) electrons. The largest absolute Gasteiger partial charge is 0.507 e. The second-order valence-corrected chi connectivity index (χ2v) is 8.27. The highest BCUT2D eigenvalue weighted by molar-refractivity contribution is 7.89. The van der Waals surface area contributed by atoms with E-state index < -0.39 is 10.0 Å². The molecule has 0 spiro atoms. The number of sulfonamides is 1. The van der Waals surface area contributed by atoms with Crippen molar-refractivity contribution < 1.29 is 18.3 Å². The van der Waals surface area contributed by atoms with Gasteiger partial charge < -0.3 is 10.0 Å². The van der Waals surface area contributed by atoms with Gasteiger partial charge in [-0.2, -0.15) is 9.57 Å². The number of carbonyl (C=O) groups excluding carboxylic acids is 1. The van der Waals surface area contributed by atoms with Crippen molar-refractivity contribution in [2.24, 2.45) is 0 Å². The summed E-state index contributed by atoms with van der Waals surface area (Å²) in [6.45, 7) is 2.51. The SMILES string of the molecule is Cc1ccc(O)c(S(=O)(=O)N2CCN(C(=O)c3cccc(C#N)c3)CC2)c1. The lowest BCUT2D eigenvalue weighted by Crippen LogP contribution is -2.50. The molecule has 0 aromatic heterocycles. The molecule has 1 saturated heterocycles. The van der Waals surface area contributed by atoms with Crippen LogP contribution in [-0.4, -0.2) is 54.8 Å². The summed E-state index contributed by atoms with van der Waals surface area (Å²) < 4.78 is 26.9. The highest BCUT2D eigenvalue weighted by Gasteiger charge is 2.32. The summed E-state index contributed by atoms with van der Waals surface area (Å²) >= 11 is 0. The van der Waals surface area contributed by atoms with E-state index in [0.717, 1.165) is 5.56 Å². The summed E-state index contributed by atoms with van der Waals surface area (Å²) in [6.07, 6.45) is 0. The maximum Gasteiger partial charge on any atom is 0.253 e. The number of aryl methyl sites for hydroxylation is 1. The first-order chi connectivity index (χ1) is 12.8. The molecule has 0 saturated carbocycles. The molecule has 0 unspecified atom stereocenters. The number of piperazine rings is 1. The fraction of sp³-hybridized carbons (Fsp3) is 0.263. The van der Waals surface area contributed by atoms with Gasteiger partial charge in [0, 0.05) is 31.7 Å². The van der Waals surface area contributed by atoms with Gasteiger partial charge in [0.1, 0.15) is 10.6 Å². The average molecular weight is 385 g/mol. The zero-order chi connectivity index (χ0) is 19.6. The van der Waals surface area contributed by atoms with E-state index in [1.807, 2.05) is 6.07 Å². The first-order valence-electron chi connectivity index (χ1n) is 8.42. The van der Waals surface area contributed by atoms with Gasteiger partial charge in [-0.15, -0.1) is 0 Å². The number of phenolic OH excluding ortho intramolecular Hbond substituents is 1. The summed E-state index contributed by atoms with van der Waals surface area (Å²) in [5, 5.41) is 18.9. The minimum atomic E-state index is -3.84. The van der Waals surface area contributed by atoms with Gasteiger partial charge in [0.05, 0.1) is 11.6 Å². The van der Waals surface area contributed by atoms with Gasteiger partial charge in [0.25, 0.3) is 5.91 Å². The lowest BCUT2D eigenvalue weighted by atomic mass is 10.1. The number of nitriles is 1. The van der Waals surface area contributed by atoms with Crippen molar-refractivity contribution in [2.45, 2.75) is 11.8 Å². The normalized spacial score (nSPS) is 15.3. The number of carbonyl (C=O) groups is 1. The molecule has 1 heterocycles. The third kappa shape index (κ3) is 3.79. The van der Waals surface area contributed by atoms with Crippen LogP contribution < -0.4 is 0 Å². The van der Waals surface area contributed by atoms with Crippen molar-refractivity contribution in [3.05, 3.63) is 59.2 Å². The van der Waals surface area contributed by atoms with Crippen LogP contribution >= 0.6 is 0 Å². The molecule has 1 N–H and O–H groups in total. The molecule has 1 amide bonds. The standard InChI is InChI=1S/C19H19N3O4S/c1-14-5-6-17(23)18(11-14)27(25,26)22-9-7-21(8-10-22)19(24)16-4-2-3-15(12-16)13-20/h2-6,11-12,23H,7-10H2,1H3. The molecule has 3 rings (SSSR count). The molecule has 1 aliphatic heterocycles. The van der Waals surface area contributed by atoms with Crippen LogP contribution in [0.3, 0.4) is 0 Å². The van der Waals surface area contributed by atoms with Crippen LogP contribution in [0.25, 0.3) is 0 Å². The quantitative estimate of drug-likeness (QED) is 0.867. The minimum Gasteiger partial charge on any atom is -0.507 e. The van der Waals surface area contributed by atoms with E-state index >= 15 is 0 Å². The number of rotatable bonds is 3. The van der Waals surface area contributed by atoms with Crippen LogP contribution in [-0.2, 0) is 10.0 Å². The maximum atomic E-state index is 12.8. The Kier molecular flexibility index (Phi) is 5.17. The minimum absolute atomic E-state index is 0.121. The number of benzene rings is 2. The lowest BCUT2D eigenvalue weighted by Gasteiger charge is -2.34. The van der Waals surface area contributed by atoms with Gasteiger partial charge in [-0.3, -0.25) is 4.79 Å². The van der Waals surface area contributed by atoms with Crippen molar-refractivity contribution >= 4 is 15.9 Å². The van der Waals surface area contributed by atoms with Gasteiger partial charge in [-0.05, 0) is 42.8 Å². The van der Waals surface area contributed by atoms with Crippen molar-refractivity contribution in [1.82, 2.24) is 9.21 Å². The second-order valence-electron chi connectivity index (χ2n) is 6.36. The van der Waals surface area contributed by atoms with Crippen LogP contribution in [0, 0.1) is 18.3 Å². The summed E-state index contributed by atoms with van der Waals surface area (Å²) in [5.74, 6) is -0.519. The Morgan fingerprint density at radius 2 is 1.81 bits per heavy atom. The second kappa shape index (κ2) is 7.39. The van der Waals surface area contributed by atoms with Crippen LogP contribution in [0.15, 0.2) is 47.4 Å². The van der Waals surface area contributed by atoms with Crippen molar-refractivity contribution in [2.75, 3.05) is 26.2 Å². The number of hydrogen-bond donors (Lipinski definition) is 1. The Labute approximate surface area is 158 Å². The van der Waals surface area contributed by atoms with Gasteiger partial charge in [0.2, 0.25) is 10.0 Å². The number of amides is 1. The maximum absolute atomic E-state index is 12.8. The number of aromatic hydroxyl groups is 1. The Morgan fingerprint density at radius 3 is 2.48 bits per heavy atom. The van der Waals surface area contributed by atoms with Crippen LogP contribution in [0.2, 0.25) is 0 Å². The molecule has 2 aromatic rings. The van der Waals surface area contributed by atoms with Gasteiger partial charge in [0.15, 0.2) is 0 Å². The lowest BCUT2D eigenvalue weighted by molar-refractivity contribution is 0.0697. The van der Waals surface area contributed by atoms with Gasteiger partial charge >= 0.3 is 0 Å². The topological polar surface area (TPSA) is 102 Å². The van der Waals surface area contributed by atoms with Gasteiger partial charge in [-0.1, -0.05) is 12.1 Å². The molecule has 7 nitrogen and oxygen atoms in total. The molecular formula is C19H19N3O4S. The summed E-state index contributed by atoms with van der Waals surface area (Å²) in [7, 11) is -3.84. The van der Waals surface area contributed by atoms with Gasteiger partial charge in [-0.25, -0.2) is 8.42 Å². The smallest absolute Gasteiger partial charge is 0.253 e. The predicted octanol–water partition coefficient (Wildman–Crippen LogP) is 1.72. The van der Waals surface area contributed by atoms with Crippen molar-refractivity contribution in [3.63, 3.8) is 0 Å². The van der Waals surface area contributed by atoms with Crippen LogP contribution in [0.1, 0.15) is 21.5 Å². The summed E-state index contributed by atoms with van der Waals surface area (Å²) in [6, 6.07) is 12.9. The zero-order valence-electron chi connectivity index (χ0n) is 14.8. The molecule has 0 atom stereocenters. The number of hydrogen-bond acceptors (Lipinski definition) is 5. The van der Waals surface area contributed by atoms with E-state index in [4.69, 9.17) is 5.26 Å². The molecule has 1 aliphatic rings. The molecule has 27 heavy (non-hydrogen) atoms. The van der Waals surface area contributed by atoms with Crippen LogP contribution in [0.5, 0.6) is 5.75 Å². The first kappa shape index (κ1) is 18.9. The molecule has 0 aliphatic carbocycles. The Bertz CT molecular complexity index is 1020. The molecule has 8 heteroatoms. The first-order valence-corrected chi connectivity index (χ1v) is 9.86.